The van der Waals surface area contributed by atoms with E-state index in [1.807, 2.05) is 31.2 Å². The maximum Gasteiger partial charge on any atom is 0.234 e. The van der Waals surface area contributed by atoms with Crippen LogP contribution in [-0.2, 0) is 4.79 Å². The van der Waals surface area contributed by atoms with Crippen molar-refractivity contribution in [2.24, 2.45) is 0 Å². The number of hydrogen-bond acceptors (Lipinski definition) is 3. The Balaban J connectivity index is 2.13. The number of thioether (sulfide) groups is 1. The summed E-state index contributed by atoms with van der Waals surface area (Å²) in [6, 6.07) is 7.78. The largest absolute Gasteiger partial charge is 0.497 e. The van der Waals surface area contributed by atoms with Crippen LogP contribution in [0.25, 0.3) is 0 Å². The molecule has 0 aliphatic carbocycles. The molecule has 1 saturated heterocycles. The highest BCUT2D eigenvalue weighted by Crippen LogP contribution is 2.35. The van der Waals surface area contributed by atoms with E-state index in [0.29, 0.717) is 0 Å². The summed E-state index contributed by atoms with van der Waals surface area (Å²) < 4.78 is 5.08. The number of ether oxygens (including phenoxy) is 1. The Hall–Kier alpha value is -1.16. The number of rotatable bonds is 2. The van der Waals surface area contributed by atoms with Crippen molar-refractivity contribution in [2.45, 2.75) is 17.5 Å². The molecule has 0 unspecified atom stereocenters. The smallest absolute Gasteiger partial charge is 0.234 e. The Morgan fingerprint density at radius 1 is 1.33 bits per heavy atom. The van der Waals surface area contributed by atoms with Gasteiger partial charge in [-0.05, 0) is 24.6 Å². The fraction of sp³-hybridized carbons (Fsp3) is 0.364. The van der Waals surface area contributed by atoms with E-state index in [1.165, 1.54) is 0 Å². The zero-order valence-corrected chi connectivity index (χ0v) is 9.51. The summed E-state index contributed by atoms with van der Waals surface area (Å²) in [5, 5.41) is 3.06. The maximum absolute atomic E-state index is 11.3. The molecule has 0 bridgehead atoms. The number of amides is 1. The van der Waals surface area contributed by atoms with Crippen molar-refractivity contribution in [3.8, 4) is 5.75 Å². The molecule has 15 heavy (non-hydrogen) atoms. The quantitative estimate of drug-likeness (QED) is 0.832. The van der Waals surface area contributed by atoms with Crippen molar-refractivity contribution < 1.29 is 9.53 Å². The van der Waals surface area contributed by atoms with Crippen LogP contribution in [0.3, 0.4) is 0 Å². The van der Waals surface area contributed by atoms with Crippen LogP contribution < -0.4 is 10.1 Å². The molecule has 1 fully saturated rings. The molecule has 2 rings (SSSR count). The topological polar surface area (TPSA) is 38.3 Å². The molecule has 1 amide bonds. The molecule has 3 nitrogen and oxygen atoms in total. The first-order valence-corrected chi connectivity index (χ1v) is 5.75. The number of hydrogen-bond donors (Lipinski definition) is 1. The molecule has 1 aromatic rings. The lowest BCUT2D eigenvalue weighted by atomic mass is 10.2. The van der Waals surface area contributed by atoms with Crippen LogP contribution in [0.15, 0.2) is 24.3 Å². The average Bonchev–Trinajstić information content (AvgIpc) is 2.59. The van der Waals surface area contributed by atoms with Gasteiger partial charge in [-0.25, -0.2) is 0 Å². The van der Waals surface area contributed by atoms with Crippen LogP contribution >= 0.6 is 11.8 Å². The second kappa shape index (κ2) is 4.14. The van der Waals surface area contributed by atoms with Crippen molar-refractivity contribution in [1.29, 1.82) is 0 Å². The summed E-state index contributed by atoms with van der Waals surface area (Å²) in [6.07, 6.45) is 0. The number of methoxy groups -OCH3 is 1. The molecule has 0 saturated carbocycles. The highest BCUT2D eigenvalue weighted by atomic mass is 32.2. The number of carbonyl (C=O) groups is 1. The third-order valence-corrected chi connectivity index (χ3v) is 3.69. The first-order chi connectivity index (χ1) is 7.20. The normalized spacial score (nSPS) is 25.1. The highest BCUT2D eigenvalue weighted by molar-refractivity contribution is 8.01. The van der Waals surface area contributed by atoms with Gasteiger partial charge < -0.3 is 10.1 Å². The summed E-state index contributed by atoms with van der Waals surface area (Å²) in [6.45, 7) is 1.92. The Morgan fingerprint density at radius 3 is 2.47 bits per heavy atom. The van der Waals surface area contributed by atoms with Crippen molar-refractivity contribution in [2.75, 3.05) is 7.11 Å². The third kappa shape index (κ3) is 2.09. The van der Waals surface area contributed by atoms with Gasteiger partial charge in [-0.1, -0.05) is 12.1 Å². The van der Waals surface area contributed by atoms with Crippen LogP contribution in [0, 0.1) is 0 Å². The SMILES string of the molecule is COc1ccc([C@H]2NC(=O)[C@H](C)S2)cc1. The minimum absolute atomic E-state index is 0.0390. The van der Waals surface area contributed by atoms with Crippen molar-refractivity contribution >= 4 is 17.7 Å². The minimum Gasteiger partial charge on any atom is -0.497 e. The third-order valence-electron chi connectivity index (χ3n) is 2.40. The Kier molecular flexibility index (Phi) is 2.86. The van der Waals surface area contributed by atoms with Gasteiger partial charge in [-0.15, -0.1) is 11.8 Å². The minimum atomic E-state index is 0.0390. The van der Waals surface area contributed by atoms with Crippen LogP contribution in [0.5, 0.6) is 5.75 Å². The molecular weight excluding hydrogens is 210 g/mol. The second-order valence-electron chi connectivity index (χ2n) is 3.44. The van der Waals surface area contributed by atoms with Crippen LogP contribution in [-0.4, -0.2) is 18.3 Å². The van der Waals surface area contributed by atoms with E-state index in [-0.39, 0.29) is 16.5 Å². The van der Waals surface area contributed by atoms with Gasteiger partial charge in [-0.2, -0.15) is 0 Å². The Bertz CT molecular complexity index is 363. The van der Waals surface area contributed by atoms with E-state index in [9.17, 15) is 4.79 Å². The lowest BCUT2D eigenvalue weighted by molar-refractivity contribution is -0.119. The summed E-state index contributed by atoms with van der Waals surface area (Å²) in [7, 11) is 1.64. The Labute approximate surface area is 93.2 Å². The zero-order valence-electron chi connectivity index (χ0n) is 8.69. The molecule has 0 spiro atoms. The van der Waals surface area contributed by atoms with Gasteiger partial charge in [0.05, 0.1) is 12.4 Å². The molecule has 80 valence electrons. The van der Waals surface area contributed by atoms with Gasteiger partial charge in [0.15, 0.2) is 0 Å². The lowest BCUT2D eigenvalue weighted by Crippen LogP contribution is -2.22. The van der Waals surface area contributed by atoms with Gasteiger partial charge in [0.2, 0.25) is 5.91 Å². The maximum atomic E-state index is 11.3. The molecule has 0 aromatic heterocycles. The Morgan fingerprint density at radius 2 is 2.00 bits per heavy atom. The van der Waals surface area contributed by atoms with E-state index >= 15 is 0 Å². The van der Waals surface area contributed by atoms with E-state index in [4.69, 9.17) is 4.74 Å². The predicted molar refractivity (Wildman–Crippen MR) is 60.9 cm³/mol. The van der Waals surface area contributed by atoms with Gasteiger partial charge in [0.1, 0.15) is 11.1 Å². The van der Waals surface area contributed by atoms with Crippen LogP contribution in [0.4, 0.5) is 0 Å². The highest BCUT2D eigenvalue weighted by Gasteiger charge is 2.29. The summed E-state index contributed by atoms with van der Waals surface area (Å²) in [5.74, 6) is 0.946. The van der Waals surface area contributed by atoms with Crippen molar-refractivity contribution in [3.63, 3.8) is 0 Å². The van der Waals surface area contributed by atoms with Crippen molar-refractivity contribution in [1.82, 2.24) is 5.32 Å². The molecule has 2 atom stereocenters. The number of benzene rings is 1. The van der Waals surface area contributed by atoms with E-state index in [0.717, 1.165) is 11.3 Å². The monoisotopic (exact) mass is 223 g/mol. The molecule has 1 aromatic carbocycles. The van der Waals surface area contributed by atoms with Gasteiger partial charge >= 0.3 is 0 Å². The summed E-state index contributed by atoms with van der Waals surface area (Å²) >= 11 is 1.64. The molecular formula is C11H13NO2S. The lowest BCUT2D eigenvalue weighted by Gasteiger charge is -2.09. The first-order valence-electron chi connectivity index (χ1n) is 4.80. The number of nitrogens with one attached hydrogen (secondary N) is 1. The van der Waals surface area contributed by atoms with Gasteiger partial charge in [0.25, 0.3) is 0 Å². The van der Waals surface area contributed by atoms with Crippen molar-refractivity contribution in [3.05, 3.63) is 29.8 Å². The average molecular weight is 223 g/mol. The first kappa shape index (κ1) is 10.4. The standard InChI is InChI=1S/C11H13NO2S/c1-7-10(13)12-11(15-7)8-3-5-9(14-2)6-4-8/h3-7,11H,1-2H3,(H,12,13)/t7-,11-/m0/s1. The molecule has 0 radical (unpaired) electrons. The molecule has 1 N–H and O–H groups in total. The van der Waals surface area contributed by atoms with Crippen LogP contribution in [0.2, 0.25) is 0 Å². The fourth-order valence-electron chi connectivity index (χ4n) is 1.49. The second-order valence-corrected chi connectivity index (χ2v) is 4.89. The zero-order chi connectivity index (χ0) is 10.8. The predicted octanol–water partition coefficient (Wildman–Crippen LogP) is 1.95. The van der Waals surface area contributed by atoms with E-state index < -0.39 is 0 Å². The molecule has 1 aliphatic heterocycles. The fourth-order valence-corrected chi connectivity index (χ4v) is 2.59. The molecule has 4 heteroatoms. The van der Waals surface area contributed by atoms with E-state index in [2.05, 4.69) is 5.32 Å². The van der Waals surface area contributed by atoms with E-state index in [1.54, 1.807) is 18.9 Å². The number of carbonyl (C=O) groups excluding carboxylic acids is 1. The molecule has 1 heterocycles. The molecule has 1 aliphatic rings. The van der Waals surface area contributed by atoms with Gasteiger partial charge in [0, 0.05) is 0 Å². The summed E-state index contributed by atoms with van der Waals surface area (Å²) in [5.41, 5.74) is 1.11. The van der Waals surface area contributed by atoms with Gasteiger partial charge in [-0.3, -0.25) is 4.79 Å². The summed E-state index contributed by atoms with van der Waals surface area (Å²) in [4.78, 5) is 11.3. The van der Waals surface area contributed by atoms with Crippen LogP contribution in [0.1, 0.15) is 17.9 Å².